The number of aryl methyl sites for hydroxylation is 3. The predicted octanol–water partition coefficient (Wildman–Crippen LogP) is 5.00. The van der Waals surface area contributed by atoms with Crippen LogP contribution in [0.5, 0.6) is 0 Å². The predicted molar refractivity (Wildman–Crippen MR) is 122 cm³/mol. The molecule has 1 atom stereocenters. The molecule has 4 rings (SSSR count). The lowest BCUT2D eigenvalue weighted by Crippen LogP contribution is -2.40. The summed E-state index contributed by atoms with van der Waals surface area (Å²) in [4.78, 5) is 24.1. The average Bonchev–Trinajstić information content (AvgIpc) is 3.12. The smallest absolute Gasteiger partial charge is 0.228 e. The van der Waals surface area contributed by atoms with Crippen molar-refractivity contribution in [2.75, 3.05) is 13.1 Å². The maximum Gasteiger partial charge on any atom is 0.228 e. The Hall–Kier alpha value is -2.53. The zero-order valence-corrected chi connectivity index (χ0v) is 18.8. The van der Waals surface area contributed by atoms with Gasteiger partial charge in [-0.15, -0.1) is 11.3 Å². The Balaban J connectivity index is 1.47. The lowest BCUT2D eigenvalue weighted by atomic mass is 9.92. The average molecular weight is 420 g/mol. The molecule has 1 aromatic carbocycles. The number of carbonyl (C=O) groups is 1. The minimum absolute atomic E-state index is 0.178. The summed E-state index contributed by atoms with van der Waals surface area (Å²) >= 11 is 1.60. The zero-order valence-electron chi connectivity index (χ0n) is 18.0. The second kappa shape index (κ2) is 9.09. The molecular weight excluding hydrogens is 390 g/mol. The van der Waals surface area contributed by atoms with E-state index in [1.165, 1.54) is 16.7 Å². The van der Waals surface area contributed by atoms with E-state index in [4.69, 9.17) is 4.98 Å². The molecule has 3 heterocycles. The summed E-state index contributed by atoms with van der Waals surface area (Å²) in [5, 5.41) is 3.01. The molecule has 1 amide bonds. The number of rotatable bonds is 5. The van der Waals surface area contributed by atoms with Crippen molar-refractivity contribution < 1.29 is 4.79 Å². The molecule has 5 heteroatoms. The molecule has 4 nitrogen and oxygen atoms in total. The van der Waals surface area contributed by atoms with E-state index in [1.807, 2.05) is 17.2 Å². The molecule has 0 spiro atoms. The van der Waals surface area contributed by atoms with Gasteiger partial charge in [0.05, 0.1) is 17.1 Å². The second-order valence-corrected chi connectivity index (χ2v) is 9.48. The third kappa shape index (κ3) is 5.14. The van der Waals surface area contributed by atoms with Gasteiger partial charge in [0.2, 0.25) is 5.91 Å². The molecule has 0 bridgehead atoms. The van der Waals surface area contributed by atoms with Gasteiger partial charge in [-0.1, -0.05) is 29.8 Å². The molecule has 0 saturated carbocycles. The summed E-state index contributed by atoms with van der Waals surface area (Å²) in [7, 11) is 0. The molecule has 1 aliphatic rings. The van der Waals surface area contributed by atoms with Crippen LogP contribution in [0.15, 0.2) is 41.8 Å². The molecule has 1 aliphatic heterocycles. The molecule has 0 N–H and O–H groups in total. The number of thiazole rings is 1. The van der Waals surface area contributed by atoms with Gasteiger partial charge >= 0.3 is 0 Å². The lowest BCUT2D eigenvalue weighted by molar-refractivity contribution is -0.131. The van der Waals surface area contributed by atoms with Gasteiger partial charge in [0.1, 0.15) is 0 Å². The van der Waals surface area contributed by atoms with Gasteiger partial charge in [0.25, 0.3) is 0 Å². The van der Waals surface area contributed by atoms with Crippen molar-refractivity contribution >= 4 is 17.2 Å². The Labute approximate surface area is 183 Å². The molecule has 1 fully saturated rings. The number of piperidine rings is 1. The number of pyridine rings is 1. The topological polar surface area (TPSA) is 46.1 Å². The van der Waals surface area contributed by atoms with Gasteiger partial charge in [0, 0.05) is 35.8 Å². The fourth-order valence-electron chi connectivity index (χ4n) is 4.34. The number of benzene rings is 1. The van der Waals surface area contributed by atoms with E-state index in [9.17, 15) is 4.79 Å². The Morgan fingerprint density at radius 3 is 2.77 bits per heavy atom. The molecule has 156 valence electrons. The van der Waals surface area contributed by atoms with E-state index in [0.29, 0.717) is 12.3 Å². The maximum atomic E-state index is 12.8. The number of amides is 1. The monoisotopic (exact) mass is 419 g/mol. The van der Waals surface area contributed by atoms with Crippen molar-refractivity contribution in [1.29, 1.82) is 0 Å². The molecule has 2 aromatic heterocycles. The molecule has 0 unspecified atom stereocenters. The van der Waals surface area contributed by atoms with Crippen LogP contribution in [0, 0.1) is 20.8 Å². The summed E-state index contributed by atoms with van der Waals surface area (Å²) in [6.45, 7) is 7.77. The van der Waals surface area contributed by atoms with Crippen molar-refractivity contribution in [2.45, 2.75) is 52.4 Å². The van der Waals surface area contributed by atoms with E-state index in [-0.39, 0.29) is 5.91 Å². The van der Waals surface area contributed by atoms with E-state index in [0.717, 1.165) is 54.4 Å². The number of nitrogens with zero attached hydrogens (tertiary/aromatic N) is 3. The highest BCUT2D eigenvalue weighted by atomic mass is 32.1. The van der Waals surface area contributed by atoms with Crippen LogP contribution in [0.1, 0.15) is 57.5 Å². The van der Waals surface area contributed by atoms with Crippen molar-refractivity contribution in [3.05, 3.63) is 80.6 Å². The fraction of sp³-hybridized carbons (Fsp3) is 0.400. The second-order valence-electron chi connectivity index (χ2n) is 8.42. The van der Waals surface area contributed by atoms with Crippen molar-refractivity contribution in [3.8, 4) is 0 Å². The maximum absolute atomic E-state index is 12.8. The van der Waals surface area contributed by atoms with Crippen LogP contribution in [0.25, 0.3) is 0 Å². The summed E-state index contributed by atoms with van der Waals surface area (Å²) in [5.74, 6) is 0.480. The molecule has 0 aliphatic carbocycles. The van der Waals surface area contributed by atoms with Crippen LogP contribution >= 0.6 is 11.3 Å². The number of carbonyl (C=O) groups excluding carboxylic acids is 1. The normalized spacial score (nSPS) is 16.6. The van der Waals surface area contributed by atoms with Gasteiger partial charge in [0.15, 0.2) is 0 Å². The Bertz CT molecular complexity index is 1040. The summed E-state index contributed by atoms with van der Waals surface area (Å²) in [5.41, 5.74) is 6.97. The number of aromatic nitrogens is 2. The quantitative estimate of drug-likeness (QED) is 0.584. The molecule has 0 radical (unpaired) electrons. The van der Waals surface area contributed by atoms with Gasteiger partial charge in [-0.3, -0.25) is 9.78 Å². The Morgan fingerprint density at radius 2 is 2.00 bits per heavy atom. The molecule has 30 heavy (non-hydrogen) atoms. The minimum atomic E-state index is 0.178. The number of hydrogen-bond acceptors (Lipinski definition) is 4. The highest BCUT2D eigenvalue weighted by molar-refractivity contribution is 7.09. The highest BCUT2D eigenvalue weighted by Crippen LogP contribution is 2.28. The molecular formula is C25H29N3OS. The van der Waals surface area contributed by atoms with Crippen LogP contribution in [0.2, 0.25) is 0 Å². The van der Waals surface area contributed by atoms with Crippen molar-refractivity contribution in [3.63, 3.8) is 0 Å². The first kappa shape index (κ1) is 20.7. The van der Waals surface area contributed by atoms with Gasteiger partial charge < -0.3 is 4.90 Å². The lowest BCUT2D eigenvalue weighted by Gasteiger charge is -2.32. The fourth-order valence-corrected chi connectivity index (χ4v) is 4.95. The first-order chi connectivity index (χ1) is 14.5. The summed E-state index contributed by atoms with van der Waals surface area (Å²) in [6.07, 6.45) is 3.42. The first-order valence-electron chi connectivity index (χ1n) is 10.7. The number of hydrogen-bond donors (Lipinski definition) is 0. The van der Waals surface area contributed by atoms with Crippen LogP contribution in [0.4, 0.5) is 0 Å². The first-order valence-corrected chi connectivity index (χ1v) is 11.6. The van der Waals surface area contributed by atoms with E-state index >= 15 is 0 Å². The van der Waals surface area contributed by atoms with Crippen molar-refractivity contribution in [2.24, 2.45) is 0 Å². The van der Waals surface area contributed by atoms with Crippen molar-refractivity contribution in [1.82, 2.24) is 14.9 Å². The number of likely N-dealkylation sites (tertiary alicyclic amines) is 1. The summed E-state index contributed by atoms with van der Waals surface area (Å²) in [6, 6.07) is 13.1. The third-order valence-electron chi connectivity index (χ3n) is 5.72. The Morgan fingerprint density at radius 1 is 1.13 bits per heavy atom. The minimum Gasteiger partial charge on any atom is -0.342 e. The third-order valence-corrected chi connectivity index (χ3v) is 6.54. The zero-order chi connectivity index (χ0) is 21.1. The molecule has 1 saturated heterocycles. The van der Waals surface area contributed by atoms with E-state index in [2.05, 4.69) is 55.2 Å². The SMILES string of the molecule is Cc1cccc(Cc2cc(C)nc([C@H]3CCCN(C(=O)Cc4csc(C)n4)C3)c2)c1. The van der Waals surface area contributed by atoms with Gasteiger partial charge in [-0.05, 0) is 63.3 Å². The van der Waals surface area contributed by atoms with Crippen LogP contribution in [-0.2, 0) is 17.6 Å². The summed E-state index contributed by atoms with van der Waals surface area (Å²) < 4.78 is 0. The van der Waals surface area contributed by atoms with Gasteiger partial charge in [-0.25, -0.2) is 4.98 Å². The standard InChI is InChI=1S/C25H29N3OS/c1-17-6-4-7-20(10-17)12-21-11-18(2)26-24(13-21)22-8-5-9-28(15-22)25(29)14-23-16-30-19(3)27-23/h4,6-7,10-11,13,16,22H,5,8-9,12,14-15H2,1-3H3/t22-/m0/s1. The van der Waals surface area contributed by atoms with Gasteiger partial charge in [-0.2, -0.15) is 0 Å². The van der Waals surface area contributed by atoms with Crippen LogP contribution < -0.4 is 0 Å². The van der Waals surface area contributed by atoms with E-state index < -0.39 is 0 Å². The van der Waals surface area contributed by atoms with Crippen LogP contribution in [0.3, 0.4) is 0 Å². The Kier molecular flexibility index (Phi) is 6.28. The highest BCUT2D eigenvalue weighted by Gasteiger charge is 2.26. The van der Waals surface area contributed by atoms with E-state index in [1.54, 1.807) is 11.3 Å². The largest absolute Gasteiger partial charge is 0.342 e. The van der Waals surface area contributed by atoms with Crippen LogP contribution in [-0.4, -0.2) is 33.9 Å². The molecule has 3 aromatic rings.